The molecule has 1 fully saturated rings. The lowest BCUT2D eigenvalue weighted by Gasteiger charge is -2.22. The van der Waals surface area contributed by atoms with Gasteiger partial charge in [0, 0.05) is 37.7 Å². The van der Waals surface area contributed by atoms with Crippen molar-refractivity contribution in [3.8, 4) is 11.4 Å². The molecule has 1 aliphatic heterocycles. The Balaban J connectivity index is 1.68. The zero-order valence-corrected chi connectivity index (χ0v) is 13.4. The van der Waals surface area contributed by atoms with Crippen LogP contribution in [-0.4, -0.2) is 35.8 Å². The summed E-state index contributed by atoms with van der Waals surface area (Å²) in [4.78, 5) is 16.0. The van der Waals surface area contributed by atoms with E-state index >= 15 is 0 Å². The highest BCUT2D eigenvalue weighted by Gasteiger charge is 2.15. The van der Waals surface area contributed by atoms with E-state index < -0.39 is 0 Å². The van der Waals surface area contributed by atoms with Gasteiger partial charge in [0.1, 0.15) is 5.82 Å². The third-order valence-corrected chi connectivity index (χ3v) is 4.31. The second-order valence-corrected chi connectivity index (χ2v) is 5.89. The van der Waals surface area contributed by atoms with Gasteiger partial charge in [0.05, 0.1) is 12.7 Å². The van der Waals surface area contributed by atoms with Gasteiger partial charge in [-0.15, -0.1) is 0 Å². The van der Waals surface area contributed by atoms with Gasteiger partial charge in [0.25, 0.3) is 0 Å². The second-order valence-electron chi connectivity index (χ2n) is 5.89. The minimum Gasteiger partial charge on any atom is -0.465 e. The Kier molecular flexibility index (Phi) is 5.08. The molecule has 1 unspecified atom stereocenters. The third-order valence-electron chi connectivity index (χ3n) is 4.31. The lowest BCUT2D eigenvalue weighted by atomic mass is 9.98. The van der Waals surface area contributed by atoms with Gasteiger partial charge in [-0.25, -0.2) is 9.78 Å². The Morgan fingerprint density at radius 2 is 2.22 bits per heavy atom. The van der Waals surface area contributed by atoms with Crippen LogP contribution in [0.1, 0.15) is 29.6 Å². The standard InChI is InChI=1S/C18H22N2O3/c1-22-18(21)16-6-4-15(5-7-16)17-19-9-11-20(17)10-8-14-3-2-12-23-13-14/h4-7,9,11,14H,2-3,8,10,12-13H2,1H3. The maximum atomic E-state index is 11.5. The van der Waals surface area contributed by atoms with Gasteiger partial charge in [0.15, 0.2) is 0 Å². The first-order valence-corrected chi connectivity index (χ1v) is 8.05. The maximum Gasteiger partial charge on any atom is 0.337 e. The topological polar surface area (TPSA) is 53.3 Å². The van der Waals surface area contributed by atoms with E-state index in [0.29, 0.717) is 11.5 Å². The van der Waals surface area contributed by atoms with Crippen molar-refractivity contribution in [1.82, 2.24) is 9.55 Å². The summed E-state index contributed by atoms with van der Waals surface area (Å²) in [6.45, 7) is 2.71. The average Bonchev–Trinajstić information content (AvgIpc) is 3.09. The molecule has 1 aromatic heterocycles. The summed E-state index contributed by atoms with van der Waals surface area (Å²) in [6, 6.07) is 7.37. The van der Waals surface area contributed by atoms with Gasteiger partial charge in [-0.2, -0.15) is 0 Å². The molecule has 2 heterocycles. The predicted octanol–water partition coefficient (Wildman–Crippen LogP) is 3.15. The zero-order chi connectivity index (χ0) is 16.1. The molecule has 0 spiro atoms. The number of carbonyl (C=O) groups is 1. The molecule has 0 radical (unpaired) electrons. The molecule has 0 N–H and O–H groups in total. The number of esters is 1. The highest BCUT2D eigenvalue weighted by molar-refractivity contribution is 5.89. The number of aryl methyl sites for hydroxylation is 1. The van der Waals surface area contributed by atoms with Crippen LogP contribution in [-0.2, 0) is 16.0 Å². The summed E-state index contributed by atoms with van der Waals surface area (Å²) < 4.78 is 12.4. The van der Waals surface area contributed by atoms with Crippen LogP contribution < -0.4 is 0 Å². The summed E-state index contributed by atoms with van der Waals surface area (Å²) in [5, 5.41) is 0. The molecule has 1 saturated heterocycles. The number of rotatable bonds is 5. The highest BCUT2D eigenvalue weighted by atomic mass is 16.5. The van der Waals surface area contributed by atoms with Crippen LogP contribution in [0.2, 0.25) is 0 Å². The Morgan fingerprint density at radius 1 is 1.39 bits per heavy atom. The van der Waals surface area contributed by atoms with Crippen LogP contribution in [0.3, 0.4) is 0 Å². The summed E-state index contributed by atoms with van der Waals surface area (Å²) >= 11 is 0. The number of imidazole rings is 1. The first kappa shape index (κ1) is 15.7. The number of ether oxygens (including phenoxy) is 2. The van der Waals surface area contributed by atoms with Crippen molar-refractivity contribution in [3.63, 3.8) is 0 Å². The normalized spacial score (nSPS) is 17.9. The Morgan fingerprint density at radius 3 is 2.91 bits per heavy atom. The van der Waals surface area contributed by atoms with Crippen molar-refractivity contribution in [2.24, 2.45) is 5.92 Å². The summed E-state index contributed by atoms with van der Waals surface area (Å²) in [5.74, 6) is 1.25. The Labute approximate surface area is 136 Å². The van der Waals surface area contributed by atoms with Crippen molar-refractivity contribution in [2.45, 2.75) is 25.8 Å². The molecule has 2 aromatic rings. The monoisotopic (exact) mass is 314 g/mol. The van der Waals surface area contributed by atoms with Crippen LogP contribution in [0.25, 0.3) is 11.4 Å². The quantitative estimate of drug-likeness (QED) is 0.796. The van der Waals surface area contributed by atoms with Crippen LogP contribution in [0, 0.1) is 5.92 Å². The molecule has 1 atom stereocenters. The molecular formula is C18H22N2O3. The largest absolute Gasteiger partial charge is 0.465 e. The molecule has 0 amide bonds. The van der Waals surface area contributed by atoms with Crippen LogP contribution >= 0.6 is 0 Å². The fourth-order valence-corrected chi connectivity index (χ4v) is 2.98. The summed E-state index contributed by atoms with van der Waals surface area (Å²) in [7, 11) is 1.39. The fraction of sp³-hybridized carbons (Fsp3) is 0.444. The van der Waals surface area contributed by atoms with E-state index in [9.17, 15) is 4.79 Å². The van der Waals surface area contributed by atoms with Crippen LogP contribution in [0.15, 0.2) is 36.7 Å². The van der Waals surface area contributed by atoms with E-state index in [2.05, 4.69) is 9.55 Å². The van der Waals surface area contributed by atoms with Crippen molar-refractivity contribution in [3.05, 3.63) is 42.2 Å². The lowest BCUT2D eigenvalue weighted by molar-refractivity contribution is 0.0501. The van der Waals surface area contributed by atoms with Crippen LogP contribution in [0.5, 0.6) is 0 Å². The number of aromatic nitrogens is 2. The second kappa shape index (κ2) is 7.42. The molecule has 1 aliphatic rings. The van der Waals surface area contributed by atoms with Crippen LogP contribution in [0.4, 0.5) is 0 Å². The molecule has 5 nitrogen and oxygen atoms in total. The lowest BCUT2D eigenvalue weighted by Crippen LogP contribution is -2.19. The molecule has 122 valence electrons. The van der Waals surface area contributed by atoms with Gasteiger partial charge in [-0.1, -0.05) is 12.1 Å². The SMILES string of the molecule is COC(=O)c1ccc(-c2nccn2CCC2CCCOC2)cc1. The molecule has 23 heavy (non-hydrogen) atoms. The minimum absolute atomic E-state index is 0.322. The zero-order valence-electron chi connectivity index (χ0n) is 13.4. The molecule has 0 saturated carbocycles. The average molecular weight is 314 g/mol. The molecule has 5 heteroatoms. The van der Waals surface area contributed by atoms with Gasteiger partial charge < -0.3 is 14.0 Å². The fourth-order valence-electron chi connectivity index (χ4n) is 2.98. The van der Waals surface area contributed by atoms with E-state index in [1.54, 1.807) is 12.1 Å². The number of hydrogen-bond acceptors (Lipinski definition) is 4. The molecular weight excluding hydrogens is 292 g/mol. The van der Waals surface area contributed by atoms with Crippen molar-refractivity contribution >= 4 is 5.97 Å². The van der Waals surface area contributed by atoms with E-state index in [0.717, 1.165) is 44.0 Å². The van der Waals surface area contributed by atoms with E-state index in [-0.39, 0.29) is 5.97 Å². The number of hydrogen-bond donors (Lipinski definition) is 0. The van der Waals surface area contributed by atoms with E-state index in [4.69, 9.17) is 9.47 Å². The smallest absolute Gasteiger partial charge is 0.337 e. The molecule has 3 rings (SSSR count). The number of nitrogens with zero attached hydrogens (tertiary/aromatic N) is 2. The van der Waals surface area contributed by atoms with Crippen molar-refractivity contribution in [1.29, 1.82) is 0 Å². The molecule has 1 aromatic carbocycles. The first-order valence-electron chi connectivity index (χ1n) is 8.05. The van der Waals surface area contributed by atoms with Gasteiger partial charge in [-0.3, -0.25) is 0 Å². The molecule has 0 aliphatic carbocycles. The van der Waals surface area contributed by atoms with Gasteiger partial charge >= 0.3 is 5.97 Å². The van der Waals surface area contributed by atoms with E-state index in [1.807, 2.05) is 24.5 Å². The highest BCUT2D eigenvalue weighted by Crippen LogP contribution is 2.22. The summed E-state index contributed by atoms with van der Waals surface area (Å²) in [5.41, 5.74) is 1.55. The Hall–Kier alpha value is -2.14. The van der Waals surface area contributed by atoms with Gasteiger partial charge in [-0.05, 0) is 37.3 Å². The molecule has 0 bridgehead atoms. The van der Waals surface area contributed by atoms with E-state index in [1.165, 1.54) is 13.5 Å². The number of methoxy groups -OCH3 is 1. The number of carbonyl (C=O) groups excluding carboxylic acids is 1. The van der Waals surface area contributed by atoms with Crippen molar-refractivity contribution in [2.75, 3.05) is 20.3 Å². The number of benzene rings is 1. The first-order chi connectivity index (χ1) is 11.3. The van der Waals surface area contributed by atoms with Crippen molar-refractivity contribution < 1.29 is 14.3 Å². The predicted molar refractivity (Wildman–Crippen MR) is 87.2 cm³/mol. The Bertz CT molecular complexity index is 643. The third kappa shape index (κ3) is 3.79. The van der Waals surface area contributed by atoms with Gasteiger partial charge in [0.2, 0.25) is 0 Å². The summed E-state index contributed by atoms with van der Waals surface area (Å²) in [6.07, 6.45) is 7.34. The maximum absolute atomic E-state index is 11.5. The minimum atomic E-state index is -0.322.